The lowest BCUT2D eigenvalue weighted by Gasteiger charge is -2.26. The molecule has 0 saturated carbocycles. The van der Waals surface area contributed by atoms with Crippen molar-refractivity contribution in [1.29, 1.82) is 0 Å². The molecule has 0 spiro atoms. The zero-order valence-corrected chi connectivity index (χ0v) is 22.7. The highest BCUT2D eigenvalue weighted by atomic mass is 32.2. The predicted octanol–water partition coefficient (Wildman–Crippen LogP) is 3.22. The molecule has 1 aliphatic rings. The monoisotopic (exact) mass is 546 g/mol. The Balaban J connectivity index is 1.25. The van der Waals surface area contributed by atoms with Crippen LogP contribution in [0.4, 0.5) is 17.3 Å². The van der Waals surface area contributed by atoms with E-state index in [1.807, 2.05) is 53.2 Å². The standard InChI is InChI=1S/C27H30N8O3S/c1-32(39(2,36)37)25-6-4-3-5-23(25)26-10-8-22-18-28-27(31-35(22)26)29-21-7-9-24-20(17-21)19-34(30-24)12-11-33-13-15-38-16-14-33/h3-10,17-19H,11-16H2,1-2H3,(H,29,31). The maximum Gasteiger partial charge on any atom is 0.245 e. The van der Waals surface area contributed by atoms with Crippen LogP contribution in [0.3, 0.4) is 0 Å². The van der Waals surface area contributed by atoms with Gasteiger partial charge in [0.25, 0.3) is 0 Å². The summed E-state index contributed by atoms with van der Waals surface area (Å²) in [5.41, 5.74) is 4.66. The van der Waals surface area contributed by atoms with E-state index in [0.717, 1.165) is 72.8 Å². The summed E-state index contributed by atoms with van der Waals surface area (Å²) in [6.07, 6.45) is 4.99. The molecule has 0 bridgehead atoms. The number of ether oxygens (including phenoxy) is 1. The van der Waals surface area contributed by atoms with Gasteiger partial charge in [0, 0.05) is 49.5 Å². The SMILES string of the molecule is CN(c1ccccc1-c1ccc2cnc(Nc3ccc4nn(CCN5CCOCC5)cc4c3)nn12)S(C)(=O)=O. The van der Waals surface area contributed by atoms with E-state index in [9.17, 15) is 8.42 Å². The van der Waals surface area contributed by atoms with Crippen LogP contribution < -0.4 is 9.62 Å². The molecule has 0 radical (unpaired) electrons. The average molecular weight is 547 g/mol. The van der Waals surface area contributed by atoms with Crippen molar-refractivity contribution in [1.82, 2.24) is 29.3 Å². The van der Waals surface area contributed by atoms with Gasteiger partial charge in [0.05, 0.1) is 54.6 Å². The number of anilines is 3. The first-order valence-electron chi connectivity index (χ1n) is 12.8. The lowest BCUT2D eigenvalue weighted by Crippen LogP contribution is -2.38. The van der Waals surface area contributed by atoms with Gasteiger partial charge in [-0.25, -0.2) is 17.9 Å². The molecule has 39 heavy (non-hydrogen) atoms. The third-order valence-electron chi connectivity index (χ3n) is 6.97. The number of benzene rings is 2. The van der Waals surface area contributed by atoms with Crippen LogP contribution in [0.15, 0.2) is 67.0 Å². The summed E-state index contributed by atoms with van der Waals surface area (Å²) in [5.74, 6) is 0.424. The maximum atomic E-state index is 12.2. The molecule has 4 heterocycles. The summed E-state index contributed by atoms with van der Waals surface area (Å²) >= 11 is 0. The first-order chi connectivity index (χ1) is 18.8. The van der Waals surface area contributed by atoms with Crippen LogP contribution in [0.2, 0.25) is 0 Å². The number of aromatic nitrogens is 5. The summed E-state index contributed by atoms with van der Waals surface area (Å²) in [7, 11) is -1.88. The van der Waals surface area contributed by atoms with Crippen LogP contribution in [0.25, 0.3) is 27.7 Å². The lowest BCUT2D eigenvalue weighted by molar-refractivity contribution is 0.0360. The number of hydrogen-bond acceptors (Lipinski definition) is 8. The third-order valence-corrected chi connectivity index (χ3v) is 8.16. The van der Waals surface area contributed by atoms with Crippen LogP contribution in [-0.4, -0.2) is 83.8 Å². The van der Waals surface area contributed by atoms with E-state index >= 15 is 0 Å². The number of nitrogens with one attached hydrogen (secondary N) is 1. The fourth-order valence-corrected chi connectivity index (χ4v) is 5.29. The number of sulfonamides is 1. The molecule has 1 aliphatic heterocycles. The Bertz CT molecular complexity index is 1740. The fourth-order valence-electron chi connectivity index (χ4n) is 4.77. The molecular weight excluding hydrogens is 516 g/mol. The number of fused-ring (bicyclic) bond motifs is 2. The number of hydrogen-bond donors (Lipinski definition) is 1. The van der Waals surface area contributed by atoms with Crippen molar-refractivity contribution in [3.05, 3.63) is 67.0 Å². The Morgan fingerprint density at radius 1 is 1.03 bits per heavy atom. The Morgan fingerprint density at radius 2 is 1.85 bits per heavy atom. The van der Waals surface area contributed by atoms with Gasteiger partial charge in [-0.1, -0.05) is 18.2 Å². The van der Waals surface area contributed by atoms with Gasteiger partial charge in [-0.15, -0.1) is 5.10 Å². The van der Waals surface area contributed by atoms with Gasteiger partial charge in [-0.2, -0.15) is 5.10 Å². The molecule has 0 aliphatic carbocycles. The van der Waals surface area contributed by atoms with Crippen molar-refractivity contribution in [2.75, 3.05) is 55.8 Å². The highest BCUT2D eigenvalue weighted by molar-refractivity contribution is 7.92. The minimum absolute atomic E-state index is 0.424. The predicted molar refractivity (Wildman–Crippen MR) is 152 cm³/mol. The van der Waals surface area contributed by atoms with Crippen molar-refractivity contribution in [2.24, 2.45) is 0 Å². The quantitative estimate of drug-likeness (QED) is 0.316. The molecule has 0 unspecified atom stereocenters. The summed E-state index contributed by atoms with van der Waals surface area (Å²) in [5, 5.41) is 13.8. The molecule has 11 nitrogen and oxygen atoms in total. The number of rotatable bonds is 8. The third kappa shape index (κ3) is 5.31. The normalized spacial score (nSPS) is 14.7. The van der Waals surface area contributed by atoms with E-state index in [1.165, 1.54) is 10.6 Å². The lowest BCUT2D eigenvalue weighted by atomic mass is 10.1. The second-order valence-corrected chi connectivity index (χ2v) is 11.6. The highest BCUT2D eigenvalue weighted by Crippen LogP contribution is 2.32. The first kappa shape index (κ1) is 25.3. The van der Waals surface area contributed by atoms with E-state index < -0.39 is 10.0 Å². The van der Waals surface area contributed by atoms with E-state index in [0.29, 0.717) is 11.6 Å². The van der Waals surface area contributed by atoms with Crippen LogP contribution in [0.1, 0.15) is 0 Å². The zero-order valence-electron chi connectivity index (χ0n) is 21.9. The van der Waals surface area contributed by atoms with Crippen molar-refractivity contribution in [3.63, 3.8) is 0 Å². The second-order valence-electron chi connectivity index (χ2n) is 9.63. The van der Waals surface area contributed by atoms with Crippen LogP contribution >= 0.6 is 0 Å². The number of morpholine rings is 1. The van der Waals surface area contributed by atoms with E-state index in [4.69, 9.17) is 14.9 Å². The minimum atomic E-state index is -3.43. The van der Waals surface area contributed by atoms with Crippen LogP contribution in [0, 0.1) is 0 Å². The second kappa shape index (κ2) is 10.3. The van der Waals surface area contributed by atoms with Crippen molar-refractivity contribution >= 4 is 43.8 Å². The summed E-state index contributed by atoms with van der Waals surface area (Å²) < 4.78 is 35.0. The Kier molecular flexibility index (Phi) is 6.67. The molecule has 1 N–H and O–H groups in total. The molecule has 5 aromatic rings. The molecule has 1 fully saturated rings. The maximum absolute atomic E-state index is 12.2. The Morgan fingerprint density at radius 3 is 2.67 bits per heavy atom. The smallest absolute Gasteiger partial charge is 0.245 e. The van der Waals surface area contributed by atoms with Gasteiger partial charge in [-0.05, 0) is 36.4 Å². The van der Waals surface area contributed by atoms with E-state index in [2.05, 4.69) is 21.4 Å². The molecule has 202 valence electrons. The molecule has 0 amide bonds. The highest BCUT2D eigenvalue weighted by Gasteiger charge is 2.19. The minimum Gasteiger partial charge on any atom is -0.379 e. The summed E-state index contributed by atoms with van der Waals surface area (Å²) in [6, 6.07) is 17.2. The van der Waals surface area contributed by atoms with Gasteiger partial charge in [0.1, 0.15) is 0 Å². The van der Waals surface area contributed by atoms with E-state index in [1.54, 1.807) is 23.8 Å². The van der Waals surface area contributed by atoms with Gasteiger partial charge in [-0.3, -0.25) is 13.9 Å². The van der Waals surface area contributed by atoms with E-state index in [-0.39, 0.29) is 0 Å². The zero-order chi connectivity index (χ0) is 27.0. The molecule has 3 aromatic heterocycles. The number of para-hydroxylation sites is 1. The number of nitrogens with zero attached hydrogens (tertiary/aromatic N) is 7. The molecule has 1 saturated heterocycles. The van der Waals surface area contributed by atoms with Crippen molar-refractivity contribution in [2.45, 2.75) is 6.54 Å². The fraction of sp³-hybridized carbons (Fsp3) is 0.296. The van der Waals surface area contributed by atoms with Crippen LogP contribution in [-0.2, 0) is 21.3 Å². The molecule has 6 rings (SSSR count). The summed E-state index contributed by atoms with van der Waals surface area (Å²) in [6.45, 7) is 5.27. The first-order valence-corrected chi connectivity index (χ1v) is 14.6. The molecular formula is C27H30N8O3S. The van der Waals surface area contributed by atoms with Gasteiger partial charge < -0.3 is 10.1 Å². The molecule has 12 heteroatoms. The average Bonchev–Trinajstić information content (AvgIpc) is 3.55. The van der Waals surface area contributed by atoms with Gasteiger partial charge in [0.2, 0.25) is 16.0 Å². The largest absolute Gasteiger partial charge is 0.379 e. The van der Waals surface area contributed by atoms with Gasteiger partial charge in [0.15, 0.2) is 0 Å². The van der Waals surface area contributed by atoms with Crippen LogP contribution in [0.5, 0.6) is 0 Å². The topological polar surface area (TPSA) is 110 Å². The summed E-state index contributed by atoms with van der Waals surface area (Å²) in [4.78, 5) is 6.88. The Hall–Kier alpha value is -4.00. The van der Waals surface area contributed by atoms with Gasteiger partial charge >= 0.3 is 0 Å². The Labute approximate surface area is 226 Å². The molecule has 2 aromatic carbocycles. The molecule has 0 atom stereocenters. The van der Waals surface area contributed by atoms with Crippen molar-refractivity contribution < 1.29 is 13.2 Å². The van der Waals surface area contributed by atoms with Crippen molar-refractivity contribution in [3.8, 4) is 11.3 Å².